The van der Waals surface area contributed by atoms with E-state index >= 15 is 0 Å². The monoisotopic (exact) mass is 494 g/mol. The van der Waals surface area contributed by atoms with E-state index in [-0.39, 0.29) is 22.5 Å². The van der Waals surface area contributed by atoms with Crippen LogP contribution >= 0.6 is 0 Å². The number of hydrogen-bond acceptors (Lipinski definition) is 5. The highest BCUT2D eigenvalue weighted by molar-refractivity contribution is 6.19. The molecule has 1 unspecified atom stereocenters. The number of anilines is 1. The highest BCUT2D eigenvalue weighted by Crippen LogP contribution is 2.42. The minimum absolute atomic E-state index is 0.0362. The Morgan fingerprint density at radius 2 is 1.67 bits per heavy atom. The van der Waals surface area contributed by atoms with Crippen LogP contribution in [-0.4, -0.2) is 21.7 Å². The lowest BCUT2D eigenvalue weighted by atomic mass is 9.95. The van der Waals surface area contributed by atoms with Gasteiger partial charge in [-0.05, 0) is 41.5 Å². The molecule has 0 saturated carbocycles. The largest absolute Gasteiger partial charge is 0.503 e. The third-order valence-electron chi connectivity index (χ3n) is 5.57. The van der Waals surface area contributed by atoms with Gasteiger partial charge in [0.1, 0.15) is 0 Å². The van der Waals surface area contributed by atoms with Crippen molar-refractivity contribution in [3.8, 4) is 0 Å². The van der Waals surface area contributed by atoms with Crippen LogP contribution in [-0.2, 0) is 15.8 Å². The molecular formula is C26H17F3N2O5. The first-order valence-electron chi connectivity index (χ1n) is 10.5. The van der Waals surface area contributed by atoms with Crippen LogP contribution in [0.2, 0.25) is 0 Å². The van der Waals surface area contributed by atoms with Gasteiger partial charge in [-0.15, -0.1) is 0 Å². The molecule has 0 bridgehead atoms. The van der Waals surface area contributed by atoms with Crippen LogP contribution in [0.15, 0.2) is 96.3 Å². The summed E-state index contributed by atoms with van der Waals surface area (Å²) in [5.74, 6) is -2.66. The molecule has 1 aliphatic heterocycles. The molecule has 1 aliphatic rings. The SMILES string of the molecule is O=C(/C=C/c1ccccc1)C1=C(O)C(=O)N(c2ccc(C(F)(F)F)cc2)C1c1cccc([N+](=O)[O-])c1. The number of carbonyl (C=O) groups is 2. The van der Waals surface area contributed by atoms with Crippen molar-refractivity contribution < 1.29 is 32.8 Å². The third kappa shape index (κ3) is 4.74. The number of nitro groups is 1. The van der Waals surface area contributed by atoms with Gasteiger partial charge < -0.3 is 5.11 Å². The van der Waals surface area contributed by atoms with E-state index in [1.165, 1.54) is 24.3 Å². The van der Waals surface area contributed by atoms with E-state index in [0.717, 1.165) is 41.3 Å². The fourth-order valence-electron chi connectivity index (χ4n) is 3.88. The van der Waals surface area contributed by atoms with E-state index in [0.29, 0.717) is 5.56 Å². The highest BCUT2D eigenvalue weighted by Gasteiger charge is 2.44. The van der Waals surface area contributed by atoms with Gasteiger partial charge >= 0.3 is 6.18 Å². The number of benzene rings is 3. The highest BCUT2D eigenvalue weighted by atomic mass is 19.4. The van der Waals surface area contributed by atoms with Crippen LogP contribution in [0.4, 0.5) is 24.5 Å². The molecule has 0 saturated heterocycles. The lowest BCUT2D eigenvalue weighted by Crippen LogP contribution is -2.31. The number of alkyl halides is 3. The van der Waals surface area contributed by atoms with E-state index in [1.54, 1.807) is 30.3 Å². The van der Waals surface area contributed by atoms with E-state index in [2.05, 4.69) is 0 Å². The van der Waals surface area contributed by atoms with Gasteiger partial charge in [0.2, 0.25) is 0 Å². The zero-order valence-electron chi connectivity index (χ0n) is 18.3. The Kier molecular flexibility index (Phi) is 6.43. The molecule has 1 amide bonds. The molecule has 0 spiro atoms. The number of nitrogens with zero attached hydrogens (tertiary/aromatic N) is 2. The molecule has 7 nitrogen and oxygen atoms in total. The number of aliphatic hydroxyl groups excluding tert-OH is 1. The maximum Gasteiger partial charge on any atom is 0.416 e. The summed E-state index contributed by atoms with van der Waals surface area (Å²) in [5, 5.41) is 22.0. The second-order valence-corrected chi connectivity index (χ2v) is 7.84. The average Bonchev–Trinajstić information content (AvgIpc) is 3.13. The first-order valence-corrected chi connectivity index (χ1v) is 10.5. The van der Waals surface area contributed by atoms with Gasteiger partial charge in [-0.3, -0.25) is 24.6 Å². The van der Waals surface area contributed by atoms with Gasteiger partial charge in [0, 0.05) is 17.8 Å². The second-order valence-electron chi connectivity index (χ2n) is 7.84. The molecule has 10 heteroatoms. The molecule has 1 N–H and O–H groups in total. The van der Waals surface area contributed by atoms with E-state index < -0.39 is 40.2 Å². The van der Waals surface area contributed by atoms with E-state index in [1.807, 2.05) is 0 Å². The predicted molar refractivity (Wildman–Crippen MR) is 125 cm³/mol. The fourth-order valence-corrected chi connectivity index (χ4v) is 3.88. The average molecular weight is 494 g/mol. The van der Waals surface area contributed by atoms with Gasteiger partial charge in [0.25, 0.3) is 11.6 Å². The molecule has 182 valence electrons. The summed E-state index contributed by atoms with van der Waals surface area (Å²) in [7, 11) is 0. The Hall–Kier alpha value is -4.73. The Balaban J connectivity index is 1.81. The van der Waals surface area contributed by atoms with Crippen molar-refractivity contribution in [2.45, 2.75) is 12.2 Å². The number of nitro benzene ring substituents is 1. The fraction of sp³-hybridized carbons (Fsp3) is 0.0769. The summed E-state index contributed by atoms with van der Waals surface area (Å²) >= 11 is 0. The summed E-state index contributed by atoms with van der Waals surface area (Å²) in [6.07, 6.45) is -2.00. The van der Waals surface area contributed by atoms with Crippen LogP contribution in [0.1, 0.15) is 22.7 Å². The third-order valence-corrected chi connectivity index (χ3v) is 5.57. The number of ketones is 1. The summed E-state index contributed by atoms with van der Waals surface area (Å²) < 4.78 is 39.1. The number of rotatable bonds is 6. The number of aliphatic hydroxyl groups is 1. The maximum absolute atomic E-state index is 13.2. The molecule has 0 aromatic heterocycles. The number of allylic oxidation sites excluding steroid dienone is 1. The number of non-ortho nitro benzene ring substituents is 1. The lowest BCUT2D eigenvalue weighted by Gasteiger charge is -2.27. The molecule has 0 fully saturated rings. The van der Waals surface area contributed by atoms with Crippen molar-refractivity contribution >= 4 is 29.1 Å². The molecule has 0 aliphatic carbocycles. The van der Waals surface area contributed by atoms with E-state index in [9.17, 15) is 38.0 Å². The van der Waals surface area contributed by atoms with Crippen LogP contribution in [0.5, 0.6) is 0 Å². The standard InChI is InChI=1S/C26H17F3N2O5/c27-26(28,29)18-10-12-19(13-11-18)30-23(17-7-4-8-20(15-17)31(35)36)22(24(33)25(30)34)21(32)14-9-16-5-2-1-3-6-16/h1-15,23,33H/b14-9+. The van der Waals surface area contributed by atoms with Gasteiger partial charge in [-0.2, -0.15) is 13.2 Å². The van der Waals surface area contributed by atoms with Crippen molar-refractivity contribution in [1.82, 2.24) is 0 Å². The van der Waals surface area contributed by atoms with Crippen LogP contribution in [0.25, 0.3) is 6.08 Å². The van der Waals surface area contributed by atoms with Gasteiger partial charge in [0.05, 0.1) is 22.1 Å². The van der Waals surface area contributed by atoms with Crippen LogP contribution in [0.3, 0.4) is 0 Å². The number of hydrogen-bond donors (Lipinski definition) is 1. The molecule has 4 rings (SSSR count). The first kappa shape index (κ1) is 24.4. The molecular weight excluding hydrogens is 477 g/mol. The topological polar surface area (TPSA) is 101 Å². The normalized spacial score (nSPS) is 16.1. The Morgan fingerprint density at radius 1 is 1.00 bits per heavy atom. The van der Waals surface area contributed by atoms with Crippen molar-refractivity contribution in [2.24, 2.45) is 0 Å². The second kappa shape index (κ2) is 9.49. The van der Waals surface area contributed by atoms with Crippen molar-refractivity contribution in [2.75, 3.05) is 4.90 Å². The van der Waals surface area contributed by atoms with Crippen LogP contribution < -0.4 is 4.90 Å². The molecule has 3 aromatic rings. The predicted octanol–water partition coefficient (Wildman–Crippen LogP) is 5.80. The number of carbonyl (C=O) groups excluding carboxylic acids is 2. The zero-order valence-corrected chi connectivity index (χ0v) is 18.3. The Labute approximate surface area is 202 Å². The molecule has 3 aromatic carbocycles. The van der Waals surface area contributed by atoms with Crippen molar-refractivity contribution in [1.29, 1.82) is 0 Å². The lowest BCUT2D eigenvalue weighted by molar-refractivity contribution is -0.384. The van der Waals surface area contributed by atoms with Gasteiger partial charge in [0.15, 0.2) is 11.5 Å². The van der Waals surface area contributed by atoms with Crippen LogP contribution in [0, 0.1) is 10.1 Å². The minimum atomic E-state index is -4.61. The van der Waals surface area contributed by atoms with E-state index in [4.69, 9.17) is 0 Å². The quantitative estimate of drug-likeness (QED) is 0.265. The Morgan fingerprint density at radius 3 is 2.28 bits per heavy atom. The number of amides is 1. The molecule has 1 atom stereocenters. The summed E-state index contributed by atoms with van der Waals surface area (Å²) in [6.45, 7) is 0. The summed E-state index contributed by atoms with van der Waals surface area (Å²) in [4.78, 5) is 37.9. The van der Waals surface area contributed by atoms with Gasteiger partial charge in [-0.1, -0.05) is 48.5 Å². The molecule has 0 radical (unpaired) electrons. The summed E-state index contributed by atoms with van der Waals surface area (Å²) in [6, 6.07) is 16.1. The summed E-state index contributed by atoms with van der Waals surface area (Å²) in [5.41, 5.74) is -0.882. The number of halogens is 3. The molecule has 1 heterocycles. The minimum Gasteiger partial charge on any atom is -0.503 e. The van der Waals surface area contributed by atoms with Crippen molar-refractivity contribution in [3.05, 3.63) is 123 Å². The van der Waals surface area contributed by atoms with Crippen molar-refractivity contribution in [3.63, 3.8) is 0 Å². The first-order chi connectivity index (χ1) is 17.1. The maximum atomic E-state index is 13.2. The Bertz CT molecular complexity index is 1400. The molecule has 36 heavy (non-hydrogen) atoms. The smallest absolute Gasteiger partial charge is 0.416 e. The van der Waals surface area contributed by atoms with Gasteiger partial charge in [-0.25, -0.2) is 0 Å². The zero-order chi connectivity index (χ0) is 26.0.